The Kier molecular flexibility index (Phi) is 5.36. The molecule has 5 rings (SSSR count). The molecule has 0 saturated carbocycles. The van der Waals surface area contributed by atoms with Crippen molar-refractivity contribution in [2.24, 2.45) is 0 Å². The van der Waals surface area contributed by atoms with Crippen LogP contribution >= 0.6 is 0 Å². The average molecular weight is 493 g/mol. The molecule has 0 atom stereocenters. The van der Waals surface area contributed by atoms with E-state index in [4.69, 9.17) is 0 Å². The van der Waals surface area contributed by atoms with Crippen molar-refractivity contribution in [3.8, 4) is 22.8 Å². The molecule has 0 fully saturated rings. The number of fused-ring (bicyclic) bond motifs is 1. The lowest BCUT2D eigenvalue weighted by Gasteiger charge is -2.05. The van der Waals surface area contributed by atoms with Crippen LogP contribution in [-0.4, -0.2) is 43.0 Å². The molecule has 5 aromatic rings. The van der Waals surface area contributed by atoms with Crippen LogP contribution in [0.2, 0.25) is 0 Å². The number of aliphatic hydroxyl groups excluding tert-OH is 1. The summed E-state index contributed by atoms with van der Waals surface area (Å²) in [5, 5.41) is 31.1. The number of nitrogens with one attached hydrogen (secondary N) is 1. The minimum Gasteiger partial charge on any atom is -0.392 e. The van der Waals surface area contributed by atoms with Gasteiger partial charge in [0.2, 0.25) is 0 Å². The number of benzene rings is 3. The molecule has 0 bridgehead atoms. The van der Waals surface area contributed by atoms with Crippen LogP contribution in [0.4, 0.5) is 5.69 Å². The Morgan fingerprint density at radius 3 is 2.63 bits per heavy atom. The number of aromatic nitrogens is 5. The first-order valence-electron chi connectivity index (χ1n) is 10.2. The Morgan fingerprint density at radius 2 is 1.89 bits per heavy atom. The maximum absolute atomic E-state index is 12.0. The number of nitro benzene ring substituents is 1. The number of hydrogen-bond donors (Lipinski definition) is 3. The quantitative estimate of drug-likeness (QED) is 0.140. The number of aromatic amines is 1. The molecule has 0 saturated heterocycles. The lowest BCUT2D eigenvalue weighted by atomic mass is 10.1. The van der Waals surface area contributed by atoms with E-state index in [1.807, 2.05) is 12.1 Å². The lowest BCUT2D eigenvalue weighted by molar-refractivity contribution is -0.734. The molecule has 2 aromatic heterocycles. The van der Waals surface area contributed by atoms with Gasteiger partial charge < -0.3 is 10.1 Å². The Bertz CT molecular complexity index is 1710. The predicted molar refractivity (Wildman–Crippen MR) is 123 cm³/mol. The van der Waals surface area contributed by atoms with Crippen LogP contribution in [0.25, 0.3) is 33.7 Å². The SMILES string of the molecule is O=[N+]([O-])c1ccc(-[n+]2nc(-c3ccccc3S(=O)(=O)O)nn2-c2cccc3cc[nH]c23)c(CO)c1. The second kappa shape index (κ2) is 8.39. The van der Waals surface area contributed by atoms with Crippen LogP contribution in [-0.2, 0) is 16.7 Å². The smallest absolute Gasteiger partial charge is 0.341 e. The van der Waals surface area contributed by atoms with Crippen molar-refractivity contribution in [3.05, 3.63) is 88.6 Å². The van der Waals surface area contributed by atoms with E-state index in [1.165, 1.54) is 46.0 Å². The van der Waals surface area contributed by atoms with Crippen LogP contribution in [0, 0.1) is 10.1 Å². The number of para-hydroxylation sites is 1. The normalized spacial score (nSPS) is 11.7. The molecule has 0 unspecified atom stereocenters. The van der Waals surface area contributed by atoms with Gasteiger partial charge in [-0.3, -0.25) is 14.7 Å². The van der Waals surface area contributed by atoms with Crippen LogP contribution in [0.5, 0.6) is 0 Å². The van der Waals surface area contributed by atoms with Gasteiger partial charge in [0, 0.05) is 34.1 Å². The topological polar surface area (TPSA) is 168 Å². The number of hydrogen-bond acceptors (Lipinski definition) is 7. The molecule has 0 aliphatic rings. The first-order valence-corrected chi connectivity index (χ1v) is 11.6. The first kappa shape index (κ1) is 22.3. The summed E-state index contributed by atoms with van der Waals surface area (Å²) in [5.74, 6) is -0.0379. The summed E-state index contributed by atoms with van der Waals surface area (Å²) in [5.41, 5.74) is 1.56. The number of tetrazole rings is 1. The zero-order valence-electron chi connectivity index (χ0n) is 17.8. The van der Waals surface area contributed by atoms with E-state index >= 15 is 0 Å². The maximum Gasteiger partial charge on any atom is 0.341 e. The highest BCUT2D eigenvalue weighted by Gasteiger charge is 2.30. The third-order valence-corrected chi connectivity index (χ3v) is 6.32. The molecule has 0 aliphatic carbocycles. The number of H-pyrrole nitrogens is 1. The lowest BCUT2D eigenvalue weighted by Crippen LogP contribution is -2.44. The zero-order valence-corrected chi connectivity index (χ0v) is 18.6. The van der Waals surface area contributed by atoms with Gasteiger partial charge in [0.05, 0.1) is 27.7 Å². The zero-order chi connectivity index (χ0) is 24.7. The first-order chi connectivity index (χ1) is 16.8. The van der Waals surface area contributed by atoms with Crippen molar-refractivity contribution < 1.29 is 27.8 Å². The Labute approximate surface area is 197 Å². The van der Waals surface area contributed by atoms with Crippen LogP contribution in [0.1, 0.15) is 5.56 Å². The molecular formula is C22H17N6O6S+. The van der Waals surface area contributed by atoms with Gasteiger partial charge in [-0.2, -0.15) is 8.42 Å². The number of rotatable bonds is 6. The Hall–Kier alpha value is -4.46. The molecule has 12 nitrogen and oxygen atoms in total. The fraction of sp³-hybridized carbons (Fsp3) is 0.0455. The van der Waals surface area contributed by atoms with Crippen LogP contribution in [0.15, 0.2) is 77.8 Å². The van der Waals surface area contributed by atoms with E-state index in [9.17, 15) is 28.2 Å². The fourth-order valence-electron chi connectivity index (χ4n) is 3.82. The molecule has 0 aliphatic heterocycles. The predicted octanol–water partition coefficient (Wildman–Crippen LogP) is 2.34. The van der Waals surface area contributed by atoms with Crippen molar-refractivity contribution in [1.82, 2.24) is 20.0 Å². The second-order valence-electron chi connectivity index (χ2n) is 7.52. The molecule has 0 amide bonds. The monoisotopic (exact) mass is 493 g/mol. The van der Waals surface area contributed by atoms with Gasteiger partial charge in [-0.05, 0) is 40.2 Å². The molecule has 3 aromatic carbocycles. The summed E-state index contributed by atoms with van der Waals surface area (Å²) >= 11 is 0. The minimum atomic E-state index is -4.59. The summed E-state index contributed by atoms with van der Waals surface area (Å²) in [6.07, 6.45) is 1.75. The van der Waals surface area contributed by atoms with Crippen molar-refractivity contribution >= 4 is 26.7 Å². The van der Waals surface area contributed by atoms with Crippen LogP contribution in [0.3, 0.4) is 0 Å². The second-order valence-corrected chi connectivity index (χ2v) is 8.91. The standard InChI is InChI=1S/C22H16N6O6S/c29-13-15-12-16(28(30)31)8-9-18(15)26-24-22(17-5-1-2-7-20(17)35(32,33)34)25-27(26)19-6-3-4-14-10-11-23-21(14)19/h1-12,23,29H,13H2/p+1. The van der Waals surface area contributed by atoms with Crippen molar-refractivity contribution in [1.29, 1.82) is 0 Å². The van der Waals surface area contributed by atoms with Gasteiger partial charge >= 0.3 is 5.82 Å². The van der Waals surface area contributed by atoms with E-state index < -0.39 is 21.6 Å². The highest BCUT2D eigenvalue weighted by Crippen LogP contribution is 2.26. The van der Waals surface area contributed by atoms with Gasteiger partial charge in [0.25, 0.3) is 15.8 Å². The summed E-state index contributed by atoms with van der Waals surface area (Å²) in [7, 11) is -4.59. The molecular weight excluding hydrogens is 476 g/mol. The third-order valence-electron chi connectivity index (χ3n) is 5.40. The van der Waals surface area contributed by atoms with Gasteiger partial charge in [0.1, 0.15) is 4.90 Å². The highest BCUT2D eigenvalue weighted by molar-refractivity contribution is 7.86. The molecule has 3 N–H and O–H groups in total. The molecule has 13 heteroatoms. The molecule has 0 spiro atoms. The number of aliphatic hydroxyl groups is 1. The summed E-state index contributed by atoms with van der Waals surface area (Å²) in [4.78, 5) is 16.1. The van der Waals surface area contributed by atoms with E-state index in [0.717, 1.165) is 5.39 Å². The van der Waals surface area contributed by atoms with Crippen molar-refractivity contribution in [2.45, 2.75) is 11.5 Å². The van der Waals surface area contributed by atoms with Crippen LogP contribution < -0.4 is 4.80 Å². The minimum absolute atomic E-state index is 0.0379. The van der Waals surface area contributed by atoms with Crippen molar-refractivity contribution in [2.75, 3.05) is 0 Å². The Balaban J connectivity index is 1.82. The highest BCUT2D eigenvalue weighted by atomic mass is 32.2. The molecule has 35 heavy (non-hydrogen) atoms. The molecule has 176 valence electrons. The number of nitro groups is 1. The van der Waals surface area contributed by atoms with Gasteiger partial charge in [-0.25, -0.2) is 0 Å². The van der Waals surface area contributed by atoms with Gasteiger partial charge in [-0.1, -0.05) is 24.3 Å². The largest absolute Gasteiger partial charge is 0.392 e. The van der Waals surface area contributed by atoms with E-state index in [1.54, 1.807) is 24.4 Å². The Morgan fingerprint density at radius 1 is 1.09 bits per heavy atom. The van der Waals surface area contributed by atoms with E-state index in [0.29, 0.717) is 11.2 Å². The molecule has 0 radical (unpaired) electrons. The van der Waals surface area contributed by atoms with Crippen molar-refractivity contribution in [3.63, 3.8) is 0 Å². The average Bonchev–Trinajstić information content (AvgIpc) is 3.50. The number of nitrogens with zero attached hydrogens (tertiary/aromatic N) is 5. The summed E-state index contributed by atoms with van der Waals surface area (Å²) in [6.45, 7) is -0.527. The molecule has 2 heterocycles. The summed E-state index contributed by atoms with van der Waals surface area (Å²) in [6, 6.07) is 16.9. The summed E-state index contributed by atoms with van der Waals surface area (Å²) < 4.78 is 33.7. The van der Waals surface area contributed by atoms with Gasteiger partial charge in [-0.15, -0.1) is 0 Å². The van der Waals surface area contributed by atoms with E-state index in [2.05, 4.69) is 15.2 Å². The third kappa shape index (κ3) is 3.93. The van der Waals surface area contributed by atoms with Gasteiger partial charge in [0.15, 0.2) is 11.4 Å². The van der Waals surface area contributed by atoms with E-state index in [-0.39, 0.29) is 33.2 Å². The number of non-ortho nitro benzene ring substituents is 1. The maximum atomic E-state index is 12.0. The fourth-order valence-corrected chi connectivity index (χ4v) is 4.51.